The zero-order chi connectivity index (χ0) is 13.4. The molecule has 1 amide bonds. The zero-order valence-electron chi connectivity index (χ0n) is 12.0. The number of halogens is 1. The van der Waals surface area contributed by atoms with Crippen LogP contribution in [-0.2, 0) is 0 Å². The summed E-state index contributed by atoms with van der Waals surface area (Å²) in [6.45, 7) is 7.57. The topological polar surface area (TPSA) is 58.4 Å². The summed E-state index contributed by atoms with van der Waals surface area (Å²) in [5.74, 6) is 2.20. The lowest BCUT2D eigenvalue weighted by Crippen LogP contribution is -2.33. The van der Waals surface area contributed by atoms with Crippen molar-refractivity contribution in [1.29, 1.82) is 0 Å². The van der Waals surface area contributed by atoms with Crippen LogP contribution in [0, 0.1) is 25.7 Å². The first kappa shape index (κ1) is 15.3. The van der Waals surface area contributed by atoms with E-state index in [0.29, 0.717) is 17.0 Å². The van der Waals surface area contributed by atoms with Gasteiger partial charge in [0.2, 0.25) is 0 Å². The molecule has 0 radical (unpaired) electrons. The molecule has 0 spiro atoms. The van der Waals surface area contributed by atoms with Crippen molar-refractivity contribution >= 4 is 18.3 Å². The summed E-state index contributed by atoms with van der Waals surface area (Å²) >= 11 is 0. The van der Waals surface area contributed by atoms with E-state index >= 15 is 0 Å². The average Bonchev–Trinajstić information content (AvgIpc) is 2.91. The van der Waals surface area contributed by atoms with Gasteiger partial charge in [0, 0.05) is 13.1 Å². The Kier molecular flexibility index (Phi) is 4.70. The monoisotopic (exact) mass is 299 g/mol. The summed E-state index contributed by atoms with van der Waals surface area (Å²) in [7, 11) is 0. The lowest BCUT2D eigenvalue weighted by Gasteiger charge is -2.20. The third-order valence-corrected chi connectivity index (χ3v) is 4.55. The first-order valence-electron chi connectivity index (χ1n) is 7.09. The maximum absolute atomic E-state index is 12.6. The van der Waals surface area contributed by atoms with Crippen molar-refractivity contribution in [2.75, 3.05) is 26.2 Å². The fourth-order valence-corrected chi connectivity index (χ4v) is 3.37. The molecular weight excluding hydrogens is 278 g/mol. The number of amides is 1. The Morgan fingerprint density at radius 1 is 1.25 bits per heavy atom. The van der Waals surface area contributed by atoms with Crippen LogP contribution in [0.2, 0.25) is 0 Å². The highest BCUT2D eigenvalue weighted by Gasteiger charge is 2.32. The van der Waals surface area contributed by atoms with Gasteiger partial charge in [-0.3, -0.25) is 4.79 Å². The summed E-state index contributed by atoms with van der Waals surface area (Å²) in [4.78, 5) is 14.6. The molecule has 1 aromatic rings. The normalized spacial score (nSPS) is 25.8. The number of hydrogen-bond acceptors (Lipinski definition) is 4. The number of aromatic nitrogens is 1. The number of nitrogens with zero attached hydrogens (tertiary/aromatic N) is 2. The number of aryl methyl sites for hydroxylation is 2. The van der Waals surface area contributed by atoms with Crippen molar-refractivity contribution < 1.29 is 9.32 Å². The number of fused-ring (bicyclic) bond motifs is 1. The van der Waals surface area contributed by atoms with E-state index in [-0.39, 0.29) is 18.3 Å². The number of nitrogens with one attached hydrogen (secondary N) is 1. The van der Waals surface area contributed by atoms with Crippen LogP contribution in [0.5, 0.6) is 0 Å². The number of carbonyl (C=O) groups is 1. The standard InChI is InChI=1S/C14H21N3O2.ClH/c1-9-13(10(2)19-16-9)14(18)17-5-3-11-7-15-8-12(11)4-6-17;/h11-12,15H,3-8H2,1-2H3;1H/t11-,12+;. The third-order valence-electron chi connectivity index (χ3n) is 4.55. The maximum atomic E-state index is 12.6. The summed E-state index contributed by atoms with van der Waals surface area (Å²) in [5, 5.41) is 7.33. The van der Waals surface area contributed by atoms with E-state index in [1.807, 2.05) is 18.7 Å². The van der Waals surface area contributed by atoms with Crippen LogP contribution in [0.1, 0.15) is 34.7 Å². The minimum absolute atomic E-state index is 0. The SMILES string of the molecule is Cc1noc(C)c1C(=O)N1CC[C@@H]2CNC[C@@H]2CC1.Cl. The van der Waals surface area contributed by atoms with Gasteiger partial charge in [-0.2, -0.15) is 0 Å². The molecule has 0 saturated carbocycles. The van der Waals surface area contributed by atoms with E-state index in [1.165, 1.54) is 0 Å². The number of likely N-dealkylation sites (tertiary alicyclic amines) is 1. The van der Waals surface area contributed by atoms with Gasteiger partial charge in [-0.25, -0.2) is 0 Å². The Morgan fingerprint density at radius 2 is 1.85 bits per heavy atom. The summed E-state index contributed by atoms with van der Waals surface area (Å²) in [5.41, 5.74) is 1.36. The van der Waals surface area contributed by atoms with Gasteiger partial charge >= 0.3 is 0 Å². The molecule has 3 heterocycles. The average molecular weight is 300 g/mol. The first-order valence-corrected chi connectivity index (χ1v) is 7.09. The second-order valence-corrected chi connectivity index (χ2v) is 5.75. The van der Waals surface area contributed by atoms with Crippen molar-refractivity contribution in [2.45, 2.75) is 26.7 Å². The van der Waals surface area contributed by atoms with E-state index in [4.69, 9.17) is 4.52 Å². The lowest BCUT2D eigenvalue weighted by atomic mass is 9.92. The highest BCUT2D eigenvalue weighted by molar-refractivity contribution is 5.96. The van der Waals surface area contributed by atoms with Crippen LogP contribution in [0.4, 0.5) is 0 Å². The van der Waals surface area contributed by atoms with Gasteiger partial charge in [0.25, 0.3) is 5.91 Å². The molecule has 112 valence electrons. The molecule has 0 unspecified atom stereocenters. The highest BCUT2D eigenvalue weighted by atomic mass is 35.5. The number of carbonyl (C=O) groups excluding carboxylic acids is 1. The van der Waals surface area contributed by atoms with Crippen molar-refractivity contribution in [2.24, 2.45) is 11.8 Å². The largest absolute Gasteiger partial charge is 0.361 e. The quantitative estimate of drug-likeness (QED) is 0.859. The van der Waals surface area contributed by atoms with Crippen LogP contribution in [0.3, 0.4) is 0 Å². The molecule has 0 bridgehead atoms. The summed E-state index contributed by atoms with van der Waals surface area (Å²) in [6.07, 6.45) is 2.21. The van der Waals surface area contributed by atoms with Crippen molar-refractivity contribution in [3.05, 3.63) is 17.0 Å². The molecule has 3 rings (SSSR count). The van der Waals surface area contributed by atoms with Crippen LogP contribution >= 0.6 is 12.4 Å². The second-order valence-electron chi connectivity index (χ2n) is 5.75. The molecule has 20 heavy (non-hydrogen) atoms. The van der Waals surface area contributed by atoms with Gasteiger partial charge in [0.05, 0.1) is 5.69 Å². The van der Waals surface area contributed by atoms with Crippen LogP contribution in [0.25, 0.3) is 0 Å². The number of rotatable bonds is 1. The first-order chi connectivity index (χ1) is 9.16. The Hall–Kier alpha value is -1.07. The van der Waals surface area contributed by atoms with Crippen molar-refractivity contribution in [3.8, 4) is 0 Å². The van der Waals surface area contributed by atoms with Gasteiger partial charge in [-0.1, -0.05) is 5.16 Å². The smallest absolute Gasteiger partial charge is 0.259 e. The van der Waals surface area contributed by atoms with Gasteiger partial charge in [-0.15, -0.1) is 12.4 Å². The fraction of sp³-hybridized carbons (Fsp3) is 0.714. The van der Waals surface area contributed by atoms with Crippen LogP contribution in [-0.4, -0.2) is 42.1 Å². The van der Waals surface area contributed by atoms with Gasteiger partial charge in [0.15, 0.2) is 0 Å². The van der Waals surface area contributed by atoms with Gasteiger partial charge in [0.1, 0.15) is 11.3 Å². The van der Waals surface area contributed by atoms with E-state index in [0.717, 1.165) is 50.9 Å². The Bertz CT molecular complexity index is 455. The Morgan fingerprint density at radius 3 is 2.35 bits per heavy atom. The minimum Gasteiger partial charge on any atom is -0.361 e. The highest BCUT2D eigenvalue weighted by Crippen LogP contribution is 2.28. The van der Waals surface area contributed by atoms with Crippen LogP contribution < -0.4 is 5.32 Å². The third kappa shape index (κ3) is 2.69. The molecule has 2 atom stereocenters. The van der Waals surface area contributed by atoms with E-state index in [9.17, 15) is 4.79 Å². The summed E-state index contributed by atoms with van der Waals surface area (Å²) < 4.78 is 5.11. The van der Waals surface area contributed by atoms with E-state index < -0.39 is 0 Å². The van der Waals surface area contributed by atoms with E-state index in [2.05, 4.69) is 10.5 Å². The second kappa shape index (κ2) is 6.14. The molecular formula is C14H22ClN3O2. The molecule has 1 N–H and O–H groups in total. The van der Waals surface area contributed by atoms with Crippen LogP contribution in [0.15, 0.2) is 4.52 Å². The van der Waals surface area contributed by atoms with Gasteiger partial charge in [-0.05, 0) is 51.6 Å². The molecule has 0 aliphatic carbocycles. The Labute approximate surface area is 125 Å². The maximum Gasteiger partial charge on any atom is 0.259 e. The molecule has 0 aromatic carbocycles. The minimum atomic E-state index is 0. The molecule has 6 heteroatoms. The molecule has 2 fully saturated rings. The lowest BCUT2D eigenvalue weighted by molar-refractivity contribution is 0.0756. The van der Waals surface area contributed by atoms with Crippen molar-refractivity contribution in [3.63, 3.8) is 0 Å². The molecule has 2 saturated heterocycles. The van der Waals surface area contributed by atoms with E-state index in [1.54, 1.807) is 0 Å². The van der Waals surface area contributed by atoms with Crippen molar-refractivity contribution in [1.82, 2.24) is 15.4 Å². The summed E-state index contributed by atoms with van der Waals surface area (Å²) in [6, 6.07) is 0. The molecule has 5 nitrogen and oxygen atoms in total. The Balaban J connectivity index is 0.00000147. The van der Waals surface area contributed by atoms with Gasteiger partial charge < -0.3 is 14.7 Å². The molecule has 2 aliphatic heterocycles. The predicted molar refractivity (Wildman–Crippen MR) is 78.2 cm³/mol. The molecule has 1 aromatic heterocycles. The zero-order valence-corrected chi connectivity index (χ0v) is 12.8. The predicted octanol–water partition coefficient (Wildman–Crippen LogP) is 1.78. The molecule has 2 aliphatic rings. The number of hydrogen-bond donors (Lipinski definition) is 1. The fourth-order valence-electron chi connectivity index (χ4n) is 3.37.